The number of benzene rings is 2. The summed E-state index contributed by atoms with van der Waals surface area (Å²) >= 11 is 8.06. The largest absolute Gasteiger partial charge is 0.324 e. The first-order chi connectivity index (χ1) is 11.6. The second kappa shape index (κ2) is 7.95. The molecule has 2 amide bonds. The summed E-state index contributed by atoms with van der Waals surface area (Å²) in [6.07, 6.45) is 0.964. The van der Waals surface area contributed by atoms with Gasteiger partial charge < -0.3 is 10.2 Å². The van der Waals surface area contributed by atoms with Crippen LogP contribution in [-0.2, 0) is 0 Å². The average Bonchev–Trinajstić information content (AvgIpc) is 2.83. The molecule has 5 heteroatoms. The number of rotatable bonds is 2. The molecule has 0 aromatic heterocycles. The van der Waals surface area contributed by atoms with E-state index in [2.05, 4.69) is 36.5 Å². The second-order valence-electron chi connectivity index (χ2n) is 5.90. The number of para-hydroxylation sites is 1. The van der Waals surface area contributed by atoms with Crippen LogP contribution in [-0.4, -0.2) is 29.8 Å². The molecule has 3 rings (SSSR count). The van der Waals surface area contributed by atoms with Crippen molar-refractivity contribution in [1.82, 2.24) is 4.90 Å². The molecule has 1 saturated heterocycles. The summed E-state index contributed by atoms with van der Waals surface area (Å²) in [6.45, 7) is 3.66. The van der Waals surface area contributed by atoms with Gasteiger partial charge in [-0.25, -0.2) is 4.79 Å². The maximum absolute atomic E-state index is 12.5. The molecule has 0 saturated carbocycles. The lowest BCUT2D eigenvalue weighted by atomic mass is 10.0. The third kappa shape index (κ3) is 4.05. The highest BCUT2D eigenvalue weighted by Crippen LogP contribution is 2.36. The van der Waals surface area contributed by atoms with Crippen molar-refractivity contribution in [1.29, 1.82) is 0 Å². The van der Waals surface area contributed by atoms with Gasteiger partial charge in [-0.05, 0) is 36.6 Å². The predicted octanol–water partition coefficient (Wildman–Crippen LogP) is 5.36. The van der Waals surface area contributed by atoms with E-state index >= 15 is 0 Å². The lowest BCUT2D eigenvalue weighted by Crippen LogP contribution is -2.36. The number of nitrogens with one attached hydrogen (secondary N) is 1. The van der Waals surface area contributed by atoms with Gasteiger partial charge in [0.05, 0.1) is 10.7 Å². The quantitative estimate of drug-likeness (QED) is 0.781. The number of carbonyl (C=O) groups excluding carboxylic acids is 1. The standard InChI is InChI=1S/C19H21ClN2OS/c1-14-6-2-3-7-15(14)18-10-11-22(12-13-24-18)19(23)21-17-9-5-4-8-16(17)20/h2-9,18H,10-13H2,1H3,(H,21,23). The first-order valence-electron chi connectivity index (χ1n) is 8.13. The van der Waals surface area contributed by atoms with E-state index in [1.54, 1.807) is 6.07 Å². The molecule has 0 bridgehead atoms. The van der Waals surface area contributed by atoms with Crippen LogP contribution in [0.15, 0.2) is 48.5 Å². The number of aryl methyl sites for hydroxylation is 1. The van der Waals surface area contributed by atoms with Crippen molar-refractivity contribution in [3.05, 3.63) is 64.7 Å². The Bertz CT molecular complexity index is 722. The minimum Gasteiger partial charge on any atom is -0.324 e. The minimum absolute atomic E-state index is 0.0749. The van der Waals surface area contributed by atoms with E-state index in [9.17, 15) is 4.79 Å². The Morgan fingerprint density at radius 2 is 1.92 bits per heavy atom. The molecule has 3 nitrogen and oxygen atoms in total. The lowest BCUT2D eigenvalue weighted by molar-refractivity contribution is 0.215. The summed E-state index contributed by atoms with van der Waals surface area (Å²) in [7, 11) is 0. The lowest BCUT2D eigenvalue weighted by Gasteiger charge is -2.21. The predicted molar refractivity (Wildman–Crippen MR) is 103 cm³/mol. The van der Waals surface area contributed by atoms with E-state index in [0.29, 0.717) is 16.0 Å². The second-order valence-corrected chi connectivity index (χ2v) is 7.62. The number of carbonyl (C=O) groups is 1. The Kier molecular flexibility index (Phi) is 5.69. The summed E-state index contributed by atoms with van der Waals surface area (Å²) in [5.74, 6) is 0.939. The smallest absolute Gasteiger partial charge is 0.321 e. The van der Waals surface area contributed by atoms with Crippen molar-refractivity contribution in [2.75, 3.05) is 24.2 Å². The van der Waals surface area contributed by atoms with E-state index in [0.717, 1.165) is 25.3 Å². The molecule has 1 heterocycles. The van der Waals surface area contributed by atoms with Crippen LogP contribution in [0.1, 0.15) is 22.8 Å². The summed E-state index contributed by atoms with van der Waals surface area (Å²) in [5, 5.41) is 3.93. The van der Waals surface area contributed by atoms with Crippen LogP contribution < -0.4 is 5.32 Å². The number of nitrogens with zero attached hydrogens (tertiary/aromatic N) is 1. The summed E-state index contributed by atoms with van der Waals surface area (Å²) < 4.78 is 0. The molecule has 126 valence electrons. The van der Waals surface area contributed by atoms with Gasteiger partial charge in [0.2, 0.25) is 0 Å². The van der Waals surface area contributed by atoms with E-state index in [-0.39, 0.29) is 6.03 Å². The van der Waals surface area contributed by atoms with Crippen LogP contribution >= 0.6 is 23.4 Å². The number of halogens is 1. The molecule has 24 heavy (non-hydrogen) atoms. The highest BCUT2D eigenvalue weighted by Gasteiger charge is 2.23. The molecule has 0 aliphatic carbocycles. The molecular formula is C19H21ClN2OS. The van der Waals surface area contributed by atoms with E-state index in [1.165, 1.54) is 11.1 Å². The van der Waals surface area contributed by atoms with Gasteiger partial charge in [0, 0.05) is 24.1 Å². The number of urea groups is 1. The van der Waals surface area contributed by atoms with E-state index in [4.69, 9.17) is 11.6 Å². The number of hydrogen-bond donors (Lipinski definition) is 1. The van der Waals surface area contributed by atoms with Crippen molar-refractivity contribution in [2.24, 2.45) is 0 Å². The molecule has 2 aromatic rings. The Balaban J connectivity index is 1.64. The molecule has 1 atom stereocenters. The topological polar surface area (TPSA) is 32.3 Å². The Labute approximate surface area is 152 Å². The number of amides is 2. The van der Waals surface area contributed by atoms with Gasteiger partial charge in [0.1, 0.15) is 0 Å². The third-order valence-corrected chi connectivity index (χ3v) is 5.92. The zero-order valence-electron chi connectivity index (χ0n) is 13.7. The van der Waals surface area contributed by atoms with Crippen LogP contribution in [0.4, 0.5) is 10.5 Å². The van der Waals surface area contributed by atoms with Crippen LogP contribution in [0.25, 0.3) is 0 Å². The molecule has 2 aromatic carbocycles. The number of hydrogen-bond acceptors (Lipinski definition) is 2. The summed E-state index contributed by atoms with van der Waals surface area (Å²) in [6, 6.07) is 15.8. The minimum atomic E-state index is -0.0749. The normalized spacial score (nSPS) is 18.1. The first kappa shape index (κ1) is 17.2. The van der Waals surface area contributed by atoms with Crippen LogP contribution in [0.3, 0.4) is 0 Å². The van der Waals surface area contributed by atoms with Crippen molar-refractivity contribution >= 4 is 35.1 Å². The van der Waals surface area contributed by atoms with Crippen LogP contribution in [0, 0.1) is 6.92 Å². The van der Waals surface area contributed by atoms with Crippen molar-refractivity contribution in [3.8, 4) is 0 Å². The molecule has 1 aliphatic heterocycles. The molecule has 1 unspecified atom stereocenters. The molecule has 1 N–H and O–H groups in total. The summed E-state index contributed by atoms with van der Waals surface area (Å²) in [5.41, 5.74) is 3.37. The maximum Gasteiger partial charge on any atom is 0.321 e. The number of anilines is 1. The van der Waals surface area contributed by atoms with Gasteiger partial charge in [0.25, 0.3) is 0 Å². The molecular weight excluding hydrogens is 340 g/mol. The number of thioether (sulfide) groups is 1. The average molecular weight is 361 g/mol. The van der Waals surface area contributed by atoms with Crippen molar-refractivity contribution < 1.29 is 4.79 Å². The third-order valence-electron chi connectivity index (χ3n) is 4.28. The van der Waals surface area contributed by atoms with Gasteiger partial charge in [-0.2, -0.15) is 11.8 Å². The molecule has 1 fully saturated rings. The molecule has 0 radical (unpaired) electrons. The fourth-order valence-electron chi connectivity index (χ4n) is 2.93. The van der Waals surface area contributed by atoms with Gasteiger partial charge in [-0.1, -0.05) is 48.0 Å². The van der Waals surface area contributed by atoms with E-state index < -0.39 is 0 Å². The Hall–Kier alpha value is -1.65. The van der Waals surface area contributed by atoms with Gasteiger partial charge in [0.15, 0.2) is 0 Å². The highest BCUT2D eigenvalue weighted by atomic mass is 35.5. The van der Waals surface area contributed by atoms with Crippen molar-refractivity contribution in [3.63, 3.8) is 0 Å². The zero-order chi connectivity index (χ0) is 16.9. The fourth-order valence-corrected chi connectivity index (χ4v) is 4.44. The Morgan fingerprint density at radius 1 is 1.17 bits per heavy atom. The molecule has 1 aliphatic rings. The molecule has 0 spiro atoms. The maximum atomic E-state index is 12.5. The van der Waals surface area contributed by atoms with Gasteiger partial charge in [-0.15, -0.1) is 0 Å². The summed E-state index contributed by atoms with van der Waals surface area (Å²) in [4.78, 5) is 14.4. The van der Waals surface area contributed by atoms with Gasteiger partial charge in [-0.3, -0.25) is 0 Å². The van der Waals surface area contributed by atoms with E-state index in [1.807, 2.05) is 34.9 Å². The SMILES string of the molecule is Cc1ccccc1C1CCN(C(=O)Nc2ccccc2Cl)CCS1. The monoisotopic (exact) mass is 360 g/mol. The van der Waals surface area contributed by atoms with Crippen LogP contribution in [0.5, 0.6) is 0 Å². The zero-order valence-corrected chi connectivity index (χ0v) is 15.2. The van der Waals surface area contributed by atoms with Gasteiger partial charge >= 0.3 is 6.03 Å². The first-order valence-corrected chi connectivity index (χ1v) is 9.55. The fraction of sp³-hybridized carbons (Fsp3) is 0.316. The van der Waals surface area contributed by atoms with Crippen LogP contribution in [0.2, 0.25) is 5.02 Å². The van der Waals surface area contributed by atoms with Crippen molar-refractivity contribution in [2.45, 2.75) is 18.6 Å². The Morgan fingerprint density at radius 3 is 2.71 bits per heavy atom. The highest BCUT2D eigenvalue weighted by molar-refractivity contribution is 7.99.